The van der Waals surface area contributed by atoms with Crippen molar-refractivity contribution < 1.29 is 27.4 Å². The highest BCUT2D eigenvalue weighted by Crippen LogP contribution is 2.39. The average Bonchev–Trinajstić information content (AvgIpc) is 3.49. The van der Waals surface area contributed by atoms with Crippen molar-refractivity contribution >= 4 is 28.3 Å². The second-order valence-corrected chi connectivity index (χ2v) is 10.4. The molecule has 1 saturated heterocycles. The summed E-state index contributed by atoms with van der Waals surface area (Å²) in [5.41, 5.74) is 6.27. The Labute approximate surface area is 221 Å². The van der Waals surface area contributed by atoms with Crippen LogP contribution in [0.25, 0.3) is 16.0 Å². The Morgan fingerprint density at radius 3 is 2.61 bits per heavy atom. The van der Waals surface area contributed by atoms with Gasteiger partial charge in [-0.1, -0.05) is 18.2 Å². The number of rotatable bonds is 7. The highest BCUT2D eigenvalue weighted by atomic mass is 32.1. The zero-order valence-corrected chi connectivity index (χ0v) is 21.7. The minimum Gasteiger partial charge on any atom is -0.490 e. The molecule has 0 unspecified atom stereocenters. The molecule has 1 aliphatic heterocycles. The van der Waals surface area contributed by atoms with Gasteiger partial charge in [0.1, 0.15) is 39.9 Å². The van der Waals surface area contributed by atoms with Gasteiger partial charge in [0.25, 0.3) is 5.91 Å². The van der Waals surface area contributed by atoms with Gasteiger partial charge in [0.2, 0.25) is 0 Å². The summed E-state index contributed by atoms with van der Waals surface area (Å²) in [6.45, 7) is 3.46. The second kappa shape index (κ2) is 10.3. The number of alkyl halides is 3. The largest absolute Gasteiger partial charge is 0.490 e. The first kappa shape index (κ1) is 26.1. The molecule has 0 saturated carbocycles. The number of halogens is 3. The number of nitrogens with zero attached hydrogens (tertiary/aromatic N) is 3. The van der Waals surface area contributed by atoms with Crippen molar-refractivity contribution in [1.82, 2.24) is 14.5 Å². The van der Waals surface area contributed by atoms with E-state index in [-0.39, 0.29) is 22.3 Å². The number of ether oxygens (including phenoxy) is 2. The first-order chi connectivity index (χ1) is 18.1. The molecule has 0 spiro atoms. The molecule has 2 aromatic heterocycles. The van der Waals surface area contributed by atoms with Crippen LogP contribution in [0.15, 0.2) is 54.9 Å². The monoisotopic (exact) mass is 544 g/mol. The Morgan fingerprint density at radius 2 is 1.89 bits per heavy atom. The number of benzene rings is 2. The van der Waals surface area contributed by atoms with Crippen LogP contribution in [0.2, 0.25) is 0 Å². The van der Waals surface area contributed by atoms with Crippen molar-refractivity contribution in [2.24, 2.45) is 5.73 Å². The number of aromatic nitrogens is 2. The summed E-state index contributed by atoms with van der Waals surface area (Å²) in [6, 6.07) is 12.5. The standard InChI is InChI=1S/C27H27F3N4O3S/c1-16(19-5-3-4-6-20(19)27(28,29)30)36-23-14-24(38-25(23)26(31)35)34-15-32-21-8-7-18(13-22(21)34)37-17-9-11-33(2)12-10-17/h3-8,13-17H,9-12H2,1-2H3,(H2,31,35)/t16-/m0/s1. The van der Waals surface area contributed by atoms with Crippen LogP contribution >= 0.6 is 11.3 Å². The zero-order chi connectivity index (χ0) is 27.0. The number of thiophene rings is 1. The molecule has 2 N–H and O–H groups in total. The lowest BCUT2D eigenvalue weighted by molar-refractivity contribution is -0.139. The fourth-order valence-electron chi connectivity index (χ4n) is 4.64. The van der Waals surface area contributed by atoms with Gasteiger partial charge >= 0.3 is 6.18 Å². The number of fused-ring (bicyclic) bond motifs is 1. The lowest BCUT2D eigenvalue weighted by Gasteiger charge is -2.29. The van der Waals surface area contributed by atoms with Crippen molar-refractivity contribution in [3.8, 4) is 16.5 Å². The summed E-state index contributed by atoms with van der Waals surface area (Å²) in [5.74, 6) is 0.0974. The van der Waals surface area contributed by atoms with Crippen molar-refractivity contribution in [1.29, 1.82) is 0 Å². The number of piperidine rings is 1. The predicted molar refractivity (Wildman–Crippen MR) is 139 cm³/mol. The smallest absolute Gasteiger partial charge is 0.416 e. The Kier molecular flexibility index (Phi) is 7.06. The molecular formula is C27H27F3N4O3S. The summed E-state index contributed by atoms with van der Waals surface area (Å²) < 4.78 is 54.5. The second-order valence-electron chi connectivity index (χ2n) is 9.37. The van der Waals surface area contributed by atoms with E-state index in [9.17, 15) is 18.0 Å². The Hall–Kier alpha value is -3.57. The van der Waals surface area contributed by atoms with Crippen molar-refractivity contribution in [3.05, 3.63) is 70.9 Å². The first-order valence-electron chi connectivity index (χ1n) is 12.2. The van der Waals surface area contributed by atoms with Crippen LogP contribution in [0.4, 0.5) is 13.2 Å². The third-order valence-corrected chi connectivity index (χ3v) is 7.77. The summed E-state index contributed by atoms with van der Waals surface area (Å²) in [5, 5.41) is 0.587. The molecule has 7 nitrogen and oxygen atoms in total. The van der Waals surface area contributed by atoms with Crippen LogP contribution in [0.3, 0.4) is 0 Å². The molecule has 5 rings (SSSR count). The van der Waals surface area contributed by atoms with E-state index in [0.29, 0.717) is 10.8 Å². The van der Waals surface area contributed by atoms with E-state index in [2.05, 4.69) is 16.9 Å². The minimum absolute atomic E-state index is 0.0352. The van der Waals surface area contributed by atoms with Crippen molar-refractivity contribution in [3.63, 3.8) is 0 Å². The lowest BCUT2D eigenvalue weighted by atomic mass is 10.0. The number of amides is 1. The maximum Gasteiger partial charge on any atom is 0.416 e. The van der Waals surface area contributed by atoms with Gasteiger partial charge in [-0.25, -0.2) is 4.98 Å². The molecule has 11 heteroatoms. The molecule has 1 fully saturated rings. The van der Waals surface area contributed by atoms with E-state index in [0.717, 1.165) is 54.4 Å². The topological polar surface area (TPSA) is 82.6 Å². The maximum atomic E-state index is 13.5. The summed E-state index contributed by atoms with van der Waals surface area (Å²) in [6.07, 6.45) is -1.89. The quantitative estimate of drug-likeness (QED) is 0.317. The van der Waals surface area contributed by atoms with Gasteiger partial charge < -0.3 is 20.1 Å². The number of primary amides is 1. The van der Waals surface area contributed by atoms with Gasteiger partial charge in [-0.2, -0.15) is 13.2 Å². The van der Waals surface area contributed by atoms with Gasteiger partial charge in [-0.05, 0) is 45.0 Å². The first-order valence-corrected chi connectivity index (χ1v) is 13.0. The van der Waals surface area contributed by atoms with E-state index in [1.165, 1.54) is 25.1 Å². The van der Waals surface area contributed by atoms with Gasteiger partial charge in [0, 0.05) is 30.8 Å². The molecule has 3 heterocycles. The van der Waals surface area contributed by atoms with Gasteiger partial charge in [0.05, 0.1) is 16.6 Å². The molecule has 0 bridgehead atoms. The molecule has 2 aromatic carbocycles. The number of carbonyl (C=O) groups is 1. The lowest BCUT2D eigenvalue weighted by Crippen LogP contribution is -2.35. The SMILES string of the molecule is C[C@H](Oc1cc(-n2cnc3ccc(OC4CCN(C)CC4)cc32)sc1C(N)=O)c1ccccc1C(F)(F)F. The number of hydrogen-bond acceptors (Lipinski definition) is 6. The van der Waals surface area contributed by atoms with Gasteiger partial charge in [0.15, 0.2) is 0 Å². The summed E-state index contributed by atoms with van der Waals surface area (Å²) in [4.78, 5) is 19.1. The molecule has 1 aliphatic rings. The average molecular weight is 545 g/mol. The molecule has 1 amide bonds. The number of carbonyl (C=O) groups excluding carboxylic acids is 1. The van der Waals surface area contributed by atoms with Crippen LogP contribution < -0.4 is 15.2 Å². The summed E-state index contributed by atoms with van der Waals surface area (Å²) >= 11 is 1.08. The van der Waals surface area contributed by atoms with Crippen LogP contribution in [-0.2, 0) is 6.18 Å². The summed E-state index contributed by atoms with van der Waals surface area (Å²) in [7, 11) is 2.09. The Balaban J connectivity index is 1.44. The van der Waals surface area contributed by atoms with Crippen molar-refractivity contribution in [2.45, 2.75) is 38.1 Å². The number of imidazole rings is 1. The van der Waals surface area contributed by atoms with E-state index in [4.69, 9.17) is 15.2 Å². The third-order valence-electron chi connectivity index (χ3n) is 6.64. The van der Waals surface area contributed by atoms with E-state index in [1.54, 1.807) is 17.0 Å². The molecule has 0 aliphatic carbocycles. The Bertz CT molecular complexity index is 1460. The van der Waals surface area contributed by atoms with Crippen LogP contribution in [-0.4, -0.2) is 46.6 Å². The van der Waals surface area contributed by atoms with E-state index < -0.39 is 23.8 Å². The molecular weight excluding hydrogens is 517 g/mol. The maximum absolute atomic E-state index is 13.5. The normalized spacial score (nSPS) is 16.0. The fraction of sp³-hybridized carbons (Fsp3) is 0.333. The van der Waals surface area contributed by atoms with Gasteiger partial charge in [-0.3, -0.25) is 9.36 Å². The van der Waals surface area contributed by atoms with E-state index >= 15 is 0 Å². The molecule has 4 aromatic rings. The van der Waals surface area contributed by atoms with Crippen molar-refractivity contribution in [2.75, 3.05) is 20.1 Å². The molecule has 0 radical (unpaired) electrons. The third kappa shape index (κ3) is 5.34. The van der Waals surface area contributed by atoms with Crippen LogP contribution in [0.1, 0.15) is 46.7 Å². The highest BCUT2D eigenvalue weighted by molar-refractivity contribution is 7.16. The van der Waals surface area contributed by atoms with E-state index in [1.807, 2.05) is 18.2 Å². The predicted octanol–water partition coefficient (Wildman–Crippen LogP) is 5.82. The molecule has 38 heavy (non-hydrogen) atoms. The number of nitrogens with two attached hydrogens (primary N) is 1. The number of hydrogen-bond donors (Lipinski definition) is 1. The van der Waals surface area contributed by atoms with Gasteiger partial charge in [-0.15, -0.1) is 11.3 Å². The molecule has 1 atom stereocenters. The molecule has 200 valence electrons. The number of likely N-dealkylation sites (tertiary alicyclic amines) is 1. The van der Waals surface area contributed by atoms with Crippen LogP contribution in [0.5, 0.6) is 11.5 Å². The highest BCUT2D eigenvalue weighted by Gasteiger charge is 2.35. The zero-order valence-electron chi connectivity index (χ0n) is 20.9. The van der Waals surface area contributed by atoms with Crippen LogP contribution in [0, 0.1) is 0 Å². The minimum atomic E-state index is -4.54. The fourth-order valence-corrected chi connectivity index (χ4v) is 5.56. The Morgan fingerprint density at radius 1 is 1.16 bits per heavy atom.